The molecule has 67 heavy (non-hydrogen) atoms. The second-order valence-electron chi connectivity index (χ2n) is 22.9. The Morgan fingerprint density at radius 3 is 2.09 bits per heavy atom. The lowest BCUT2D eigenvalue weighted by Gasteiger charge is -2.71. The number of ether oxygens (including phenoxy) is 7. The lowest BCUT2D eigenvalue weighted by atomic mass is 9.33. The molecule has 20 heteroatoms. The Balaban J connectivity index is 1.03. The van der Waals surface area contributed by atoms with E-state index < -0.39 is 128 Å². The van der Waals surface area contributed by atoms with Gasteiger partial charge in [-0.3, -0.25) is 4.79 Å². The highest BCUT2D eigenvalue weighted by Gasteiger charge is 2.71. The van der Waals surface area contributed by atoms with Gasteiger partial charge in [-0.2, -0.15) is 0 Å². The lowest BCUT2D eigenvalue weighted by Crippen LogP contribution is -2.72. The Bertz CT molecular complexity index is 1990. The van der Waals surface area contributed by atoms with E-state index in [-0.39, 0.29) is 39.4 Å². The summed E-state index contributed by atoms with van der Waals surface area (Å²) in [7, 11) is 0. The molecule has 0 radical (unpaired) electrons. The van der Waals surface area contributed by atoms with Crippen molar-refractivity contribution < 1.29 is 98.3 Å². The Morgan fingerprint density at radius 2 is 1.45 bits per heavy atom. The van der Waals surface area contributed by atoms with Crippen molar-refractivity contribution in [1.82, 2.24) is 0 Å². The molecule has 0 aromatic heterocycles. The zero-order valence-electron chi connectivity index (χ0n) is 39.2. The van der Waals surface area contributed by atoms with Crippen LogP contribution in [0.2, 0.25) is 0 Å². The van der Waals surface area contributed by atoms with Gasteiger partial charge in [-0.25, -0.2) is 14.4 Å². The molecule has 0 amide bonds. The van der Waals surface area contributed by atoms with E-state index in [1.165, 1.54) is 5.57 Å². The number of hydrogen-bond acceptors (Lipinski definition) is 17. The second-order valence-corrected chi connectivity index (χ2v) is 22.9. The molecular formula is C47H70O20. The fourth-order valence-electron chi connectivity index (χ4n) is 14.7. The minimum Gasteiger partial charge on any atom is -0.480 e. The smallest absolute Gasteiger partial charge is 0.369 e. The molecular weight excluding hydrogens is 884 g/mol. The SMILES string of the molecule is CC1(C)CCC2(C(=O)OC3OC(CO)C(O)C(O)C3O)CCC3(C)C(=CCC4C5(C)CCC(OC6OC(C(=O)O)C7OC(O)(C(=O)O)C(OCC(=O)O)OC7C6O)C(C)(C)C5CCC43C)C2C1. The van der Waals surface area contributed by atoms with E-state index in [1.807, 2.05) is 0 Å². The summed E-state index contributed by atoms with van der Waals surface area (Å²) < 4.78 is 40.0. The molecule has 3 heterocycles. The molecule has 9 N–H and O–H groups in total. The van der Waals surface area contributed by atoms with Gasteiger partial charge in [-0.1, -0.05) is 60.1 Å². The van der Waals surface area contributed by atoms with Crippen molar-refractivity contribution in [3.63, 3.8) is 0 Å². The van der Waals surface area contributed by atoms with Crippen LogP contribution in [-0.2, 0) is 52.3 Å². The minimum atomic E-state index is -3.34. The molecule has 4 saturated carbocycles. The van der Waals surface area contributed by atoms with Gasteiger partial charge in [0.25, 0.3) is 0 Å². The first-order chi connectivity index (χ1) is 31.1. The van der Waals surface area contributed by atoms with Crippen molar-refractivity contribution in [2.75, 3.05) is 13.2 Å². The van der Waals surface area contributed by atoms with Crippen molar-refractivity contribution >= 4 is 23.9 Å². The highest BCUT2D eigenvalue weighted by atomic mass is 16.8. The first-order valence-corrected chi connectivity index (χ1v) is 23.7. The van der Waals surface area contributed by atoms with Crippen molar-refractivity contribution in [2.24, 2.45) is 50.2 Å². The number of hydrogen-bond donors (Lipinski definition) is 9. The summed E-state index contributed by atoms with van der Waals surface area (Å²) in [6.07, 6.45) is -10.2. The standard InChI is InChI=1S/C47H70O20/c1-41(2)14-16-46(39(59)66-36-30(53)29(52)28(51)23(19-48)62-36)17-15-44(6)21(22(46)18-41)8-9-25-43(5)12-11-26(42(3,4)24(43)10-13-45(25,44)7)63-37-31(54)32-33(34(64-37)35(55)56)67-47(60,38(57)58)40(65-32)61-20-27(49)50/h8,22-26,28-34,36-37,40,48,51-54,60H,9-20H2,1-7H3,(H,49,50)(H,55,56)(H,57,58). The lowest BCUT2D eigenvalue weighted by molar-refractivity contribution is -0.435. The molecule has 0 spiro atoms. The van der Waals surface area contributed by atoms with E-state index in [0.717, 1.165) is 32.1 Å². The average molecular weight is 955 g/mol. The maximum Gasteiger partial charge on any atom is 0.369 e. The zero-order valence-corrected chi connectivity index (χ0v) is 39.2. The van der Waals surface area contributed by atoms with Crippen LogP contribution in [0.1, 0.15) is 113 Å². The molecule has 5 aliphatic carbocycles. The van der Waals surface area contributed by atoms with Crippen molar-refractivity contribution in [1.29, 1.82) is 0 Å². The number of carboxylic acids is 3. The number of esters is 1. The van der Waals surface area contributed by atoms with Gasteiger partial charge in [0.05, 0.1) is 18.1 Å². The normalized spacial score (nSPS) is 49.9. The Hall–Kier alpha value is -2.86. The number of allylic oxidation sites excluding steroid dienone is 2. The Kier molecular flexibility index (Phi) is 13.0. The molecule has 378 valence electrons. The van der Waals surface area contributed by atoms with Crippen LogP contribution in [-0.4, -0.2) is 163 Å². The maximum atomic E-state index is 14.7. The number of carbonyl (C=O) groups is 4. The van der Waals surface area contributed by atoms with Crippen molar-refractivity contribution in [3.8, 4) is 0 Å². The number of rotatable bonds is 10. The zero-order chi connectivity index (χ0) is 49.2. The first-order valence-electron chi connectivity index (χ1n) is 23.7. The Labute approximate surface area is 388 Å². The molecule has 7 fully saturated rings. The summed E-state index contributed by atoms with van der Waals surface area (Å²) in [6.45, 7) is 14.0. The first kappa shape index (κ1) is 50.5. The molecule has 20 nitrogen and oxygen atoms in total. The van der Waals surface area contributed by atoms with Crippen LogP contribution in [0.15, 0.2) is 11.6 Å². The van der Waals surface area contributed by atoms with Crippen molar-refractivity contribution in [2.45, 2.75) is 192 Å². The molecule has 20 atom stereocenters. The number of carbonyl (C=O) groups excluding carboxylic acids is 1. The summed E-state index contributed by atoms with van der Waals surface area (Å²) in [5.41, 5.74) is -1.07. The third-order valence-electron chi connectivity index (χ3n) is 18.7. The van der Waals surface area contributed by atoms with Crippen LogP contribution in [0.5, 0.6) is 0 Å². The van der Waals surface area contributed by atoms with Crippen LogP contribution in [0.4, 0.5) is 0 Å². The minimum absolute atomic E-state index is 0.0811. The third kappa shape index (κ3) is 7.78. The van der Waals surface area contributed by atoms with E-state index in [4.69, 9.17) is 38.3 Å². The molecule has 8 aliphatic rings. The summed E-state index contributed by atoms with van der Waals surface area (Å²) in [4.78, 5) is 50.6. The predicted molar refractivity (Wildman–Crippen MR) is 226 cm³/mol. The van der Waals surface area contributed by atoms with Crippen LogP contribution in [0, 0.1) is 50.2 Å². The number of aliphatic carboxylic acids is 3. The Morgan fingerprint density at radius 1 is 0.761 bits per heavy atom. The molecule has 3 aliphatic heterocycles. The van der Waals surface area contributed by atoms with Gasteiger partial charge in [0.1, 0.15) is 49.3 Å². The second kappa shape index (κ2) is 17.2. The number of aliphatic hydroxyl groups excluding tert-OH is 5. The molecule has 0 aromatic rings. The van der Waals surface area contributed by atoms with E-state index in [0.29, 0.717) is 32.1 Å². The predicted octanol–water partition coefficient (Wildman–Crippen LogP) is 1.67. The van der Waals surface area contributed by atoms with Gasteiger partial charge in [-0.15, -0.1) is 0 Å². The summed E-state index contributed by atoms with van der Waals surface area (Å²) >= 11 is 0. The van der Waals surface area contributed by atoms with E-state index >= 15 is 0 Å². The highest BCUT2D eigenvalue weighted by Crippen LogP contribution is 2.76. The van der Waals surface area contributed by atoms with Crippen LogP contribution in [0.3, 0.4) is 0 Å². The van der Waals surface area contributed by atoms with Crippen LogP contribution in [0.25, 0.3) is 0 Å². The topological polar surface area (TPSA) is 315 Å². The molecule has 8 rings (SSSR count). The van der Waals surface area contributed by atoms with Gasteiger partial charge in [0.2, 0.25) is 12.6 Å². The van der Waals surface area contributed by atoms with Crippen LogP contribution < -0.4 is 0 Å². The molecule has 20 unspecified atom stereocenters. The summed E-state index contributed by atoms with van der Waals surface area (Å²) in [5, 5.41) is 93.2. The van der Waals surface area contributed by atoms with Gasteiger partial charge < -0.3 is 79.1 Å². The van der Waals surface area contributed by atoms with Gasteiger partial charge in [0, 0.05) is 0 Å². The third-order valence-corrected chi connectivity index (χ3v) is 18.7. The number of aliphatic hydroxyl groups is 6. The molecule has 3 saturated heterocycles. The molecule has 0 aromatic carbocycles. The fourth-order valence-corrected chi connectivity index (χ4v) is 14.7. The van der Waals surface area contributed by atoms with E-state index in [1.54, 1.807) is 0 Å². The monoisotopic (exact) mass is 954 g/mol. The number of carboxylic acid groups (broad SMARTS) is 3. The van der Waals surface area contributed by atoms with E-state index in [9.17, 15) is 60.0 Å². The average Bonchev–Trinajstić information content (AvgIpc) is 3.24. The van der Waals surface area contributed by atoms with E-state index in [2.05, 4.69) is 54.5 Å². The van der Waals surface area contributed by atoms with Gasteiger partial charge in [0.15, 0.2) is 12.4 Å². The van der Waals surface area contributed by atoms with Gasteiger partial charge >= 0.3 is 29.7 Å². The van der Waals surface area contributed by atoms with Gasteiger partial charge in [-0.05, 0) is 109 Å². The molecule has 0 bridgehead atoms. The quantitative estimate of drug-likeness (QED) is 0.0854. The fraction of sp³-hybridized carbons (Fsp3) is 0.872. The van der Waals surface area contributed by atoms with Crippen LogP contribution >= 0.6 is 0 Å². The largest absolute Gasteiger partial charge is 0.480 e. The number of fused-ring (bicyclic) bond motifs is 8. The summed E-state index contributed by atoms with van der Waals surface area (Å²) in [6, 6.07) is 0. The highest BCUT2D eigenvalue weighted by molar-refractivity contribution is 5.79. The summed E-state index contributed by atoms with van der Waals surface area (Å²) in [5.74, 6) is -8.93. The van der Waals surface area contributed by atoms with Crippen molar-refractivity contribution in [3.05, 3.63) is 11.6 Å². The maximum absolute atomic E-state index is 14.7.